The quantitative estimate of drug-likeness (QED) is 0.512. The minimum atomic E-state index is -1.75. The number of hydrogen-bond acceptors (Lipinski definition) is 6. The van der Waals surface area contributed by atoms with Gasteiger partial charge in [0.1, 0.15) is 18.3 Å². The Labute approximate surface area is 178 Å². The maximum Gasteiger partial charge on any atom is 0.231 e. The van der Waals surface area contributed by atoms with Crippen molar-refractivity contribution >= 4 is 28.3 Å². The van der Waals surface area contributed by atoms with Crippen molar-refractivity contribution in [2.24, 2.45) is 5.92 Å². The van der Waals surface area contributed by atoms with E-state index in [1.807, 2.05) is 13.0 Å². The average molecular weight is 421 g/mol. The number of aliphatic hydroxyl groups is 1. The molecule has 158 valence electrons. The van der Waals surface area contributed by atoms with E-state index in [4.69, 9.17) is 1.37 Å². The van der Waals surface area contributed by atoms with Crippen LogP contribution in [0, 0.1) is 12.8 Å². The van der Waals surface area contributed by atoms with E-state index in [2.05, 4.69) is 25.4 Å². The number of rotatable bonds is 5. The summed E-state index contributed by atoms with van der Waals surface area (Å²) < 4.78 is 22.8. The summed E-state index contributed by atoms with van der Waals surface area (Å²) >= 11 is 0. The first-order valence-electron chi connectivity index (χ1n) is 10.6. The number of hydrogen-bond donors (Lipinski definition) is 2. The molecule has 1 aliphatic carbocycles. The molecule has 1 saturated carbocycles. The van der Waals surface area contributed by atoms with Crippen LogP contribution >= 0.6 is 0 Å². The molecule has 1 fully saturated rings. The zero-order chi connectivity index (χ0) is 22.6. The van der Waals surface area contributed by atoms with Crippen molar-refractivity contribution < 1.29 is 15.7 Å². The minimum absolute atomic E-state index is 0.223. The van der Waals surface area contributed by atoms with Crippen molar-refractivity contribution in [1.29, 1.82) is 0 Å². The van der Waals surface area contributed by atoms with Crippen LogP contribution in [0.3, 0.4) is 0 Å². The lowest BCUT2D eigenvalue weighted by Gasteiger charge is -2.13. The van der Waals surface area contributed by atoms with E-state index in [1.54, 1.807) is 36.0 Å². The molecule has 31 heavy (non-hydrogen) atoms. The van der Waals surface area contributed by atoms with Gasteiger partial charge in [-0.15, -0.1) is 0 Å². The summed E-state index contributed by atoms with van der Waals surface area (Å²) in [5, 5.41) is 18.0. The maximum absolute atomic E-state index is 13.2. The van der Waals surface area contributed by atoms with Gasteiger partial charge in [0.05, 0.1) is 24.6 Å². The van der Waals surface area contributed by atoms with Gasteiger partial charge in [-0.25, -0.2) is 18.9 Å². The highest BCUT2D eigenvalue weighted by atomic mass is 19.1. The topological polar surface area (TPSA) is 105 Å². The van der Waals surface area contributed by atoms with Gasteiger partial charge >= 0.3 is 0 Å². The van der Waals surface area contributed by atoms with Crippen LogP contribution in [0.15, 0.2) is 36.9 Å². The largest absolute Gasteiger partial charge is 0.387 e. The van der Waals surface area contributed by atoms with Gasteiger partial charge in [-0.3, -0.25) is 9.78 Å². The molecule has 0 saturated heterocycles. The predicted octanol–water partition coefficient (Wildman–Crippen LogP) is 3.39. The standard InChI is InChI=1S/C22H21FN6O2/c1-3-19(30)17-4-11(2)15(9-24-17)13-5-12-8-25-20(28-22(31)14-6-16(14)23)7-18(12)29-21(13)26-10-27-29/h4-5,7-10,14,16,19,30H,3,6H2,1-2H3,(H,25,28,31)/t14-,16+,19-/m0/s1/i19D. The monoisotopic (exact) mass is 421 g/mol. The zero-order valence-corrected chi connectivity index (χ0v) is 17.0. The third-order valence-electron chi connectivity index (χ3n) is 5.56. The number of pyridine rings is 3. The molecule has 1 amide bonds. The Morgan fingerprint density at radius 2 is 2.13 bits per heavy atom. The van der Waals surface area contributed by atoms with E-state index < -0.39 is 18.2 Å². The number of alkyl halides is 1. The summed E-state index contributed by atoms with van der Waals surface area (Å²) in [6.07, 6.45) is 2.33. The van der Waals surface area contributed by atoms with Crippen molar-refractivity contribution in [1.82, 2.24) is 24.6 Å². The second-order valence-electron chi connectivity index (χ2n) is 7.71. The predicted molar refractivity (Wildman–Crippen MR) is 113 cm³/mol. The fourth-order valence-electron chi connectivity index (χ4n) is 3.67. The number of carbonyl (C=O) groups is 1. The van der Waals surface area contributed by atoms with Gasteiger partial charge in [-0.1, -0.05) is 6.92 Å². The number of aryl methyl sites for hydroxylation is 1. The van der Waals surface area contributed by atoms with E-state index >= 15 is 0 Å². The van der Waals surface area contributed by atoms with E-state index in [0.717, 1.165) is 22.1 Å². The number of nitrogens with one attached hydrogen (secondary N) is 1. The van der Waals surface area contributed by atoms with Crippen molar-refractivity contribution in [3.05, 3.63) is 48.2 Å². The lowest BCUT2D eigenvalue weighted by molar-refractivity contribution is -0.117. The fraction of sp³-hybridized carbons (Fsp3) is 0.318. The summed E-state index contributed by atoms with van der Waals surface area (Å²) in [5.41, 5.74) is 3.96. The molecule has 0 spiro atoms. The smallest absolute Gasteiger partial charge is 0.231 e. The SMILES string of the molecule is [2H][C@](O)(CC)c1cc(C)c(-c2cc3cnc(NC(=O)[C@H]4C[C@H]4F)cc3n3ncnc23)cn1. The van der Waals surface area contributed by atoms with Crippen LogP contribution in [-0.4, -0.2) is 41.8 Å². The third kappa shape index (κ3) is 3.40. The summed E-state index contributed by atoms with van der Waals surface area (Å²) in [7, 11) is 0. The number of aromatic nitrogens is 5. The maximum atomic E-state index is 13.2. The summed E-state index contributed by atoms with van der Waals surface area (Å²) in [5.74, 6) is -0.657. The molecule has 8 nitrogen and oxygen atoms in total. The molecule has 0 aliphatic heterocycles. The molecule has 9 heteroatoms. The van der Waals surface area contributed by atoms with Gasteiger partial charge in [-0.05, 0) is 37.5 Å². The highest BCUT2D eigenvalue weighted by Gasteiger charge is 2.43. The number of amides is 1. The Balaban J connectivity index is 1.58. The molecular formula is C22H21FN6O2. The van der Waals surface area contributed by atoms with Crippen LogP contribution in [0.25, 0.3) is 27.7 Å². The van der Waals surface area contributed by atoms with Crippen molar-refractivity contribution in [3.8, 4) is 11.1 Å². The first-order valence-corrected chi connectivity index (χ1v) is 10.1. The van der Waals surface area contributed by atoms with Gasteiger partial charge in [0.2, 0.25) is 5.91 Å². The molecule has 1 aliphatic rings. The summed E-state index contributed by atoms with van der Waals surface area (Å²) in [4.78, 5) is 25.1. The number of anilines is 1. The van der Waals surface area contributed by atoms with Crippen molar-refractivity contribution in [3.63, 3.8) is 0 Å². The van der Waals surface area contributed by atoms with E-state index in [-0.39, 0.29) is 24.4 Å². The average Bonchev–Trinajstić information content (AvgIpc) is 3.30. The highest BCUT2D eigenvalue weighted by molar-refractivity contribution is 5.97. The van der Waals surface area contributed by atoms with Crippen LogP contribution in [0.4, 0.5) is 10.2 Å². The van der Waals surface area contributed by atoms with Crippen LogP contribution in [-0.2, 0) is 4.79 Å². The van der Waals surface area contributed by atoms with Gasteiger partial charge in [0, 0.05) is 35.0 Å². The first kappa shape index (κ1) is 18.3. The lowest BCUT2D eigenvalue weighted by atomic mass is 10.0. The van der Waals surface area contributed by atoms with Gasteiger partial charge in [-0.2, -0.15) is 5.10 Å². The summed E-state index contributed by atoms with van der Waals surface area (Å²) in [6.45, 7) is 3.61. The Kier molecular flexibility index (Phi) is 4.34. The van der Waals surface area contributed by atoms with Crippen LogP contribution < -0.4 is 5.32 Å². The van der Waals surface area contributed by atoms with Gasteiger partial charge in [0.15, 0.2) is 5.65 Å². The van der Waals surface area contributed by atoms with E-state index in [1.165, 1.54) is 6.33 Å². The van der Waals surface area contributed by atoms with Crippen LogP contribution in [0.5, 0.6) is 0 Å². The molecule has 0 radical (unpaired) electrons. The Bertz CT molecular complexity index is 1370. The molecule has 4 aromatic heterocycles. The van der Waals surface area contributed by atoms with Crippen molar-refractivity contribution in [2.45, 2.75) is 38.9 Å². The van der Waals surface area contributed by atoms with Gasteiger partial charge < -0.3 is 10.4 Å². The number of nitrogens with zero attached hydrogens (tertiary/aromatic N) is 5. The Hall–Kier alpha value is -3.46. The molecule has 0 aromatic carbocycles. The highest BCUT2D eigenvalue weighted by Crippen LogP contribution is 2.35. The molecule has 0 unspecified atom stereocenters. The molecule has 0 bridgehead atoms. The minimum Gasteiger partial charge on any atom is -0.387 e. The molecule has 4 heterocycles. The second-order valence-corrected chi connectivity index (χ2v) is 7.71. The zero-order valence-electron chi connectivity index (χ0n) is 18.0. The fourth-order valence-corrected chi connectivity index (χ4v) is 3.67. The Morgan fingerprint density at radius 3 is 2.84 bits per heavy atom. The van der Waals surface area contributed by atoms with E-state index in [0.29, 0.717) is 17.0 Å². The second kappa shape index (κ2) is 7.35. The van der Waals surface area contributed by atoms with Crippen molar-refractivity contribution in [2.75, 3.05) is 5.32 Å². The molecule has 5 rings (SSSR count). The van der Waals surface area contributed by atoms with E-state index in [9.17, 15) is 14.3 Å². The molecule has 4 aromatic rings. The van der Waals surface area contributed by atoms with Crippen LogP contribution in [0.2, 0.25) is 0 Å². The third-order valence-corrected chi connectivity index (χ3v) is 5.56. The number of halogens is 1. The first-order chi connectivity index (χ1) is 15.3. The van der Waals surface area contributed by atoms with Crippen LogP contribution in [0.1, 0.15) is 38.5 Å². The Morgan fingerprint density at radius 1 is 1.32 bits per heavy atom. The molecule has 3 atom stereocenters. The molecule has 2 N–H and O–H groups in total. The normalized spacial score (nSPS) is 20.5. The lowest BCUT2D eigenvalue weighted by Crippen LogP contribution is -2.16. The van der Waals surface area contributed by atoms with Gasteiger partial charge in [0.25, 0.3) is 0 Å². The number of fused-ring (bicyclic) bond motifs is 3. The molecular weight excluding hydrogens is 399 g/mol. The summed E-state index contributed by atoms with van der Waals surface area (Å²) in [6, 6.07) is 5.30. The number of carbonyl (C=O) groups excluding carboxylic acids is 1.